The summed E-state index contributed by atoms with van der Waals surface area (Å²) >= 11 is 0. The van der Waals surface area contributed by atoms with Gasteiger partial charge in [0.25, 0.3) is 10.0 Å². The quantitative estimate of drug-likeness (QED) is 0.720. The van der Waals surface area contributed by atoms with E-state index in [1.54, 1.807) is 32.4 Å². The Kier molecular flexibility index (Phi) is 5.84. The second-order valence-corrected chi connectivity index (χ2v) is 7.71. The predicted molar refractivity (Wildman–Crippen MR) is 104 cm³/mol. The van der Waals surface area contributed by atoms with E-state index in [2.05, 4.69) is 15.0 Å². The Morgan fingerprint density at radius 1 is 1.11 bits per heavy atom. The van der Waals surface area contributed by atoms with Crippen molar-refractivity contribution < 1.29 is 22.7 Å². The molecule has 9 heteroatoms. The maximum Gasteiger partial charge on any atom is 0.263 e. The number of hydrogen-bond donors (Lipinski definition) is 2. The van der Waals surface area contributed by atoms with Gasteiger partial charge in [-0.2, -0.15) is 0 Å². The van der Waals surface area contributed by atoms with E-state index in [1.807, 2.05) is 18.2 Å². The Morgan fingerprint density at radius 3 is 2.61 bits per heavy atom. The van der Waals surface area contributed by atoms with Crippen LogP contribution in [0, 0.1) is 0 Å². The topological polar surface area (TPSA) is 106 Å². The molecule has 2 N–H and O–H groups in total. The van der Waals surface area contributed by atoms with Gasteiger partial charge in [0.15, 0.2) is 11.5 Å². The fourth-order valence-electron chi connectivity index (χ4n) is 2.84. The van der Waals surface area contributed by atoms with E-state index in [1.165, 1.54) is 6.07 Å². The molecule has 1 aliphatic heterocycles. The van der Waals surface area contributed by atoms with E-state index in [0.717, 1.165) is 5.56 Å². The molecule has 2 aromatic rings. The number of methoxy groups -OCH3 is 2. The number of aliphatic imine (C=N–C) groups is 1. The monoisotopic (exact) mass is 403 g/mol. The molecule has 28 heavy (non-hydrogen) atoms. The van der Waals surface area contributed by atoms with Crippen LogP contribution < -0.4 is 19.5 Å². The van der Waals surface area contributed by atoms with Crippen molar-refractivity contribution >= 4 is 21.8 Å². The fourth-order valence-corrected chi connectivity index (χ4v) is 4.09. The Bertz CT molecular complexity index is 1020. The molecular formula is C19H21N3O5S. The van der Waals surface area contributed by atoms with Crippen molar-refractivity contribution in [2.45, 2.75) is 11.3 Å². The molecule has 0 radical (unpaired) electrons. The lowest BCUT2D eigenvalue weighted by atomic mass is 10.1. The van der Waals surface area contributed by atoms with Gasteiger partial charge in [0.2, 0.25) is 5.91 Å². The summed E-state index contributed by atoms with van der Waals surface area (Å²) in [6.07, 6.45) is 0.609. The number of benzene rings is 2. The third-order valence-corrected chi connectivity index (χ3v) is 5.62. The third kappa shape index (κ3) is 4.25. The van der Waals surface area contributed by atoms with Crippen LogP contribution in [0.3, 0.4) is 0 Å². The van der Waals surface area contributed by atoms with Gasteiger partial charge in [-0.15, -0.1) is 0 Å². The summed E-state index contributed by atoms with van der Waals surface area (Å²) in [6, 6.07) is 12.1. The lowest BCUT2D eigenvalue weighted by Crippen LogP contribution is -2.29. The molecule has 1 heterocycles. The van der Waals surface area contributed by atoms with Crippen molar-refractivity contribution in [1.82, 2.24) is 10.0 Å². The molecule has 0 unspecified atom stereocenters. The summed E-state index contributed by atoms with van der Waals surface area (Å²) in [5.74, 6) is 1.16. The maximum absolute atomic E-state index is 12.0. The first-order valence-corrected chi connectivity index (χ1v) is 10.1. The highest BCUT2D eigenvalue weighted by atomic mass is 32.2. The molecular weight excluding hydrogens is 382 g/mol. The Labute approximate surface area is 163 Å². The maximum atomic E-state index is 12.0. The van der Waals surface area contributed by atoms with Crippen LogP contribution in [0.25, 0.3) is 0 Å². The number of rotatable bonds is 7. The number of nitrogens with zero attached hydrogens (tertiary/aromatic N) is 1. The summed E-state index contributed by atoms with van der Waals surface area (Å²) in [6.45, 7) is 0.250. The van der Waals surface area contributed by atoms with Crippen LogP contribution in [-0.4, -0.2) is 47.5 Å². The van der Waals surface area contributed by atoms with Gasteiger partial charge in [-0.25, -0.2) is 8.42 Å². The van der Waals surface area contributed by atoms with Crippen molar-refractivity contribution in [3.05, 3.63) is 53.6 Å². The van der Waals surface area contributed by atoms with Gasteiger partial charge >= 0.3 is 0 Å². The van der Waals surface area contributed by atoms with Gasteiger partial charge in [-0.05, 0) is 36.2 Å². The van der Waals surface area contributed by atoms with Crippen molar-refractivity contribution in [2.75, 3.05) is 27.3 Å². The molecule has 0 atom stereocenters. The van der Waals surface area contributed by atoms with E-state index in [4.69, 9.17) is 9.47 Å². The standard InChI is InChI=1S/C19H21N3O5S/c1-26-15-8-7-13(11-16(15)27-2)9-10-20-18(23)12-21-19-14-5-3-4-6-17(14)28(24,25)22-19/h3-8,11H,9-10,12H2,1-2H3,(H,20,23)(H,21,22). The van der Waals surface area contributed by atoms with Crippen LogP contribution in [0.4, 0.5) is 0 Å². The molecule has 3 rings (SSSR count). The molecule has 8 nitrogen and oxygen atoms in total. The molecule has 0 saturated heterocycles. The van der Waals surface area contributed by atoms with Crippen molar-refractivity contribution in [3.8, 4) is 11.5 Å². The molecule has 0 saturated carbocycles. The zero-order valence-electron chi connectivity index (χ0n) is 15.6. The van der Waals surface area contributed by atoms with Crippen molar-refractivity contribution in [3.63, 3.8) is 0 Å². The van der Waals surface area contributed by atoms with Crippen molar-refractivity contribution in [1.29, 1.82) is 0 Å². The number of amides is 1. The van der Waals surface area contributed by atoms with E-state index < -0.39 is 10.0 Å². The lowest BCUT2D eigenvalue weighted by molar-refractivity contribution is -0.119. The number of nitrogens with one attached hydrogen (secondary N) is 2. The van der Waals surface area contributed by atoms with Crippen LogP contribution in [0.1, 0.15) is 11.1 Å². The summed E-state index contributed by atoms with van der Waals surface area (Å²) < 4.78 is 36.9. The number of amidine groups is 1. The van der Waals surface area contributed by atoms with Gasteiger partial charge in [0, 0.05) is 12.1 Å². The summed E-state index contributed by atoms with van der Waals surface area (Å²) in [4.78, 5) is 16.3. The van der Waals surface area contributed by atoms with E-state index >= 15 is 0 Å². The van der Waals surface area contributed by atoms with Gasteiger partial charge in [-0.1, -0.05) is 18.2 Å². The minimum atomic E-state index is -3.60. The number of ether oxygens (including phenoxy) is 2. The van der Waals surface area contributed by atoms with E-state index in [0.29, 0.717) is 30.0 Å². The molecule has 0 fully saturated rings. The molecule has 0 spiro atoms. The van der Waals surface area contributed by atoms with Crippen LogP contribution in [-0.2, 0) is 21.2 Å². The second kappa shape index (κ2) is 8.30. The van der Waals surface area contributed by atoms with Crippen molar-refractivity contribution in [2.24, 2.45) is 4.99 Å². The number of carbonyl (C=O) groups excluding carboxylic acids is 1. The Hall–Kier alpha value is -3.07. The molecule has 1 amide bonds. The molecule has 0 aliphatic carbocycles. The predicted octanol–water partition coefficient (Wildman–Crippen LogP) is 1.10. The molecule has 2 aromatic carbocycles. The van der Waals surface area contributed by atoms with Crippen LogP contribution in [0.5, 0.6) is 11.5 Å². The molecule has 148 valence electrons. The summed E-state index contributed by atoms with van der Waals surface area (Å²) in [5.41, 5.74) is 1.46. The number of fused-ring (bicyclic) bond motifs is 1. The van der Waals surface area contributed by atoms with E-state index in [9.17, 15) is 13.2 Å². The number of hydrogen-bond acceptors (Lipinski definition) is 6. The average molecular weight is 403 g/mol. The van der Waals surface area contributed by atoms with Crippen LogP contribution in [0.2, 0.25) is 0 Å². The number of sulfonamides is 1. The third-order valence-electron chi connectivity index (χ3n) is 4.23. The van der Waals surface area contributed by atoms with Crippen LogP contribution >= 0.6 is 0 Å². The fraction of sp³-hybridized carbons (Fsp3) is 0.263. The zero-order chi connectivity index (χ0) is 20.1. The molecule has 0 bridgehead atoms. The highest BCUT2D eigenvalue weighted by molar-refractivity contribution is 7.90. The normalized spacial score (nSPS) is 15.6. The first-order valence-electron chi connectivity index (χ1n) is 8.59. The first-order chi connectivity index (χ1) is 13.4. The molecule has 1 aliphatic rings. The Balaban J connectivity index is 1.55. The summed E-state index contributed by atoms with van der Waals surface area (Å²) in [7, 11) is -0.464. The molecule has 0 aromatic heterocycles. The van der Waals surface area contributed by atoms with Crippen LogP contribution in [0.15, 0.2) is 52.4 Å². The van der Waals surface area contributed by atoms with Gasteiger partial charge in [0.05, 0.1) is 19.1 Å². The zero-order valence-corrected chi connectivity index (χ0v) is 16.4. The van der Waals surface area contributed by atoms with Gasteiger partial charge in [0.1, 0.15) is 12.4 Å². The average Bonchev–Trinajstić information content (AvgIpc) is 2.97. The number of carbonyl (C=O) groups is 1. The largest absolute Gasteiger partial charge is 0.493 e. The summed E-state index contributed by atoms with van der Waals surface area (Å²) in [5, 5.41) is 2.77. The SMILES string of the molecule is COc1ccc(CCNC(=O)CN=C2NS(=O)(=O)c3ccccc32)cc1OC. The van der Waals surface area contributed by atoms with Gasteiger partial charge in [-0.3, -0.25) is 14.5 Å². The highest BCUT2D eigenvalue weighted by Crippen LogP contribution is 2.27. The first kappa shape index (κ1) is 19.7. The minimum Gasteiger partial charge on any atom is -0.493 e. The lowest BCUT2D eigenvalue weighted by Gasteiger charge is -2.10. The van der Waals surface area contributed by atoms with E-state index in [-0.39, 0.29) is 23.2 Å². The highest BCUT2D eigenvalue weighted by Gasteiger charge is 2.30. The Morgan fingerprint density at radius 2 is 1.86 bits per heavy atom. The second-order valence-electron chi connectivity index (χ2n) is 6.06. The smallest absolute Gasteiger partial charge is 0.263 e. The minimum absolute atomic E-state index is 0.169. The van der Waals surface area contributed by atoms with Gasteiger partial charge < -0.3 is 14.8 Å².